The van der Waals surface area contributed by atoms with Gasteiger partial charge >= 0.3 is 0 Å². The maximum Gasteiger partial charge on any atom is 0.255 e. The Morgan fingerprint density at radius 1 is 0.933 bits per heavy atom. The molecule has 8 heteroatoms. The summed E-state index contributed by atoms with van der Waals surface area (Å²) in [5.41, 5.74) is 1.68. The van der Waals surface area contributed by atoms with Gasteiger partial charge in [0.1, 0.15) is 0 Å². The Morgan fingerprint density at radius 2 is 1.57 bits per heavy atom. The van der Waals surface area contributed by atoms with Gasteiger partial charge in [-0.1, -0.05) is 31.4 Å². The molecule has 2 aromatic rings. The summed E-state index contributed by atoms with van der Waals surface area (Å²) >= 11 is 0. The largest absolute Gasteiger partial charge is 0.349 e. The van der Waals surface area contributed by atoms with E-state index in [2.05, 4.69) is 10.6 Å². The molecule has 0 radical (unpaired) electrons. The summed E-state index contributed by atoms with van der Waals surface area (Å²) in [6, 6.07) is 13.3. The van der Waals surface area contributed by atoms with Crippen LogP contribution in [-0.2, 0) is 10.0 Å². The number of hydrogen-bond acceptors (Lipinski definition) is 4. The number of carbonyl (C=O) groups excluding carboxylic acids is 2. The quantitative estimate of drug-likeness (QED) is 0.736. The molecule has 2 amide bonds. The minimum Gasteiger partial charge on any atom is -0.349 e. The van der Waals surface area contributed by atoms with Gasteiger partial charge in [-0.2, -0.15) is 0 Å². The van der Waals surface area contributed by atoms with E-state index in [4.69, 9.17) is 0 Å². The molecule has 0 bridgehead atoms. The van der Waals surface area contributed by atoms with Crippen LogP contribution in [0.15, 0.2) is 48.5 Å². The molecule has 2 N–H and O–H groups in total. The van der Waals surface area contributed by atoms with Crippen molar-refractivity contribution in [3.63, 3.8) is 0 Å². The van der Waals surface area contributed by atoms with Gasteiger partial charge in [0.15, 0.2) is 0 Å². The van der Waals surface area contributed by atoms with Crippen molar-refractivity contribution in [1.29, 1.82) is 0 Å². The third-order valence-electron chi connectivity index (χ3n) is 5.35. The van der Waals surface area contributed by atoms with Crippen molar-refractivity contribution in [2.24, 2.45) is 0 Å². The molecular formula is C22H27N3O4S. The normalized spacial score (nSPS) is 14.7. The summed E-state index contributed by atoms with van der Waals surface area (Å²) in [6.45, 7) is 0. The number of carbonyl (C=O) groups is 2. The van der Waals surface area contributed by atoms with Gasteiger partial charge in [-0.05, 0) is 49.2 Å². The molecule has 0 aromatic heterocycles. The molecule has 0 saturated heterocycles. The Kier molecular flexibility index (Phi) is 6.77. The highest BCUT2D eigenvalue weighted by Crippen LogP contribution is 2.21. The lowest BCUT2D eigenvalue weighted by atomic mass is 9.95. The molecule has 0 spiro atoms. The van der Waals surface area contributed by atoms with E-state index < -0.39 is 10.0 Å². The van der Waals surface area contributed by atoms with E-state index in [9.17, 15) is 18.0 Å². The molecule has 30 heavy (non-hydrogen) atoms. The van der Waals surface area contributed by atoms with Crippen molar-refractivity contribution >= 4 is 33.2 Å². The van der Waals surface area contributed by atoms with Crippen LogP contribution < -0.4 is 14.9 Å². The second-order valence-corrected chi connectivity index (χ2v) is 9.60. The second-order valence-electron chi connectivity index (χ2n) is 7.59. The maximum atomic E-state index is 12.7. The van der Waals surface area contributed by atoms with Crippen LogP contribution in [0, 0.1) is 0 Å². The van der Waals surface area contributed by atoms with Gasteiger partial charge in [-0.3, -0.25) is 13.9 Å². The smallest absolute Gasteiger partial charge is 0.255 e. The number of sulfonamides is 1. The number of nitrogens with zero attached hydrogens (tertiary/aromatic N) is 1. The number of hydrogen-bond donors (Lipinski definition) is 2. The SMILES string of the molecule is CN(c1ccc(C(=O)Nc2ccccc2C(=O)NC2CCCCC2)cc1)S(C)(=O)=O. The Balaban J connectivity index is 1.72. The summed E-state index contributed by atoms with van der Waals surface area (Å²) in [4.78, 5) is 25.4. The molecule has 1 fully saturated rings. The molecule has 0 aliphatic heterocycles. The summed E-state index contributed by atoms with van der Waals surface area (Å²) in [7, 11) is -1.93. The van der Waals surface area contributed by atoms with Gasteiger partial charge in [0.25, 0.3) is 11.8 Å². The van der Waals surface area contributed by atoms with Gasteiger partial charge in [0.05, 0.1) is 23.2 Å². The van der Waals surface area contributed by atoms with Crippen molar-refractivity contribution in [3.8, 4) is 0 Å². The first-order valence-corrected chi connectivity index (χ1v) is 11.9. The topological polar surface area (TPSA) is 95.6 Å². The molecule has 0 atom stereocenters. The number of anilines is 2. The Hall–Kier alpha value is -2.87. The molecule has 0 unspecified atom stereocenters. The molecule has 0 heterocycles. The van der Waals surface area contributed by atoms with E-state index in [1.54, 1.807) is 48.5 Å². The van der Waals surface area contributed by atoms with Gasteiger partial charge in [-0.25, -0.2) is 8.42 Å². The monoisotopic (exact) mass is 429 g/mol. The molecule has 1 aliphatic rings. The highest BCUT2D eigenvalue weighted by molar-refractivity contribution is 7.92. The second kappa shape index (κ2) is 9.30. The van der Waals surface area contributed by atoms with Crippen LogP contribution in [0.2, 0.25) is 0 Å². The Morgan fingerprint density at radius 3 is 2.20 bits per heavy atom. The van der Waals surface area contributed by atoms with Gasteiger partial charge < -0.3 is 10.6 Å². The highest BCUT2D eigenvalue weighted by atomic mass is 32.2. The van der Waals surface area contributed by atoms with Gasteiger partial charge in [-0.15, -0.1) is 0 Å². The summed E-state index contributed by atoms with van der Waals surface area (Å²) in [5, 5.41) is 5.86. The van der Waals surface area contributed by atoms with Gasteiger partial charge in [0.2, 0.25) is 10.0 Å². The third kappa shape index (κ3) is 5.38. The molecule has 1 saturated carbocycles. The summed E-state index contributed by atoms with van der Waals surface area (Å²) in [5.74, 6) is -0.565. The van der Waals surface area contributed by atoms with Crippen molar-refractivity contribution in [1.82, 2.24) is 5.32 Å². The van der Waals surface area contributed by atoms with Crippen molar-refractivity contribution in [3.05, 3.63) is 59.7 Å². The van der Waals surface area contributed by atoms with Crippen LogP contribution in [0.4, 0.5) is 11.4 Å². The fraction of sp³-hybridized carbons (Fsp3) is 0.364. The van der Waals surface area contributed by atoms with E-state index in [-0.39, 0.29) is 17.9 Å². The third-order valence-corrected chi connectivity index (χ3v) is 6.56. The first kappa shape index (κ1) is 21.8. The fourth-order valence-electron chi connectivity index (χ4n) is 3.51. The van der Waals surface area contributed by atoms with Crippen molar-refractivity contribution in [2.45, 2.75) is 38.1 Å². The van der Waals surface area contributed by atoms with E-state index in [1.807, 2.05) is 0 Å². The average molecular weight is 430 g/mol. The van der Waals surface area contributed by atoms with Crippen LogP contribution in [-0.4, -0.2) is 39.6 Å². The first-order valence-electron chi connectivity index (χ1n) is 10.0. The summed E-state index contributed by atoms with van der Waals surface area (Å²) in [6.07, 6.45) is 6.52. The van der Waals surface area contributed by atoms with E-state index >= 15 is 0 Å². The number of amides is 2. The Bertz CT molecular complexity index is 1010. The Labute approximate surface area is 177 Å². The summed E-state index contributed by atoms with van der Waals surface area (Å²) < 4.78 is 24.4. The fourth-order valence-corrected chi connectivity index (χ4v) is 4.01. The molecular weight excluding hydrogens is 402 g/mol. The lowest BCUT2D eigenvalue weighted by molar-refractivity contribution is 0.0928. The zero-order valence-electron chi connectivity index (χ0n) is 17.2. The average Bonchev–Trinajstić information content (AvgIpc) is 2.73. The first-order chi connectivity index (χ1) is 14.3. The minimum absolute atomic E-state index is 0.175. The number of rotatable bonds is 6. The molecule has 7 nitrogen and oxygen atoms in total. The van der Waals surface area contributed by atoms with Gasteiger partial charge in [0, 0.05) is 18.7 Å². The van der Waals surface area contributed by atoms with Crippen molar-refractivity contribution in [2.75, 3.05) is 22.9 Å². The molecule has 3 rings (SSSR count). The van der Waals surface area contributed by atoms with E-state index in [1.165, 1.54) is 13.5 Å². The molecule has 160 valence electrons. The predicted octanol–water partition coefficient (Wildman–Crippen LogP) is 3.40. The van der Waals surface area contributed by atoms with Crippen LogP contribution in [0.3, 0.4) is 0 Å². The predicted molar refractivity (Wildman–Crippen MR) is 118 cm³/mol. The van der Waals surface area contributed by atoms with Crippen LogP contribution >= 0.6 is 0 Å². The van der Waals surface area contributed by atoms with Crippen LogP contribution in [0.1, 0.15) is 52.8 Å². The lowest BCUT2D eigenvalue weighted by Crippen LogP contribution is -2.36. The minimum atomic E-state index is -3.38. The van der Waals surface area contributed by atoms with Crippen LogP contribution in [0.5, 0.6) is 0 Å². The zero-order chi connectivity index (χ0) is 21.7. The van der Waals surface area contributed by atoms with E-state index in [0.717, 1.165) is 36.2 Å². The number of para-hydroxylation sites is 1. The van der Waals surface area contributed by atoms with Crippen LogP contribution in [0.25, 0.3) is 0 Å². The number of benzene rings is 2. The number of nitrogens with one attached hydrogen (secondary N) is 2. The van der Waals surface area contributed by atoms with E-state index in [0.29, 0.717) is 22.5 Å². The van der Waals surface area contributed by atoms with Crippen molar-refractivity contribution < 1.29 is 18.0 Å². The standard InChI is InChI=1S/C22H27N3O4S/c1-25(30(2,28)29)18-14-12-16(13-15-18)21(26)24-20-11-7-6-10-19(20)22(27)23-17-8-4-3-5-9-17/h6-7,10-15,17H,3-5,8-9H2,1-2H3,(H,23,27)(H,24,26). The lowest BCUT2D eigenvalue weighted by Gasteiger charge is -2.23. The molecule has 1 aliphatic carbocycles. The zero-order valence-corrected chi connectivity index (χ0v) is 18.0. The maximum absolute atomic E-state index is 12.7. The molecule has 2 aromatic carbocycles. The highest BCUT2D eigenvalue weighted by Gasteiger charge is 2.19.